The lowest BCUT2D eigenvalue weighted by molar-refractivity contribution is 0.297. The van der Waals surface area contributed by atoms with Gasteiger partial charge in [-0.05, 0) is 55.3 Å². The van der Waals surface area contributed by atoms with Crippen LogP contribution in [0, 0.1) is 5.41 Å². The third-order valence-electron chi connectivity index (χ3n) is 3.54. The minimum absolute atomic E-state index is 0.318. The van der Waals surface area contributed by atoms with Crippen LogP contribution in [0.25, 0.3) is 0 Å². The molecule has 20 heavy (non-hydrogen) atoms. The first kappa shape index (κ1) is 15.4. The second-order valence-electron chi connectivity index (χ2n) is 7.16. The van der Waals surface area contributed by atoms with E-state index in [0.29, 0.717) is 17.6 Å². The van der Waals surface area contributed by atoms with Gasteiger partial charge in [-0.3, -0.25) is 0 Å². The average Bonchev–Trinajstić information content (AvgIpc) is 3.17. The summed E-state index contributed by atoms with van der Waals surface area (Å²) >= 11 is 0. The van der Waals surface area contributed by atoms with Gasteiger partial charge in [-0.1, -0.05) is 39.8 Å². The van der Waals surface area contributed by atoms with Crippen LogP contribution in [0.1, 0.15) is 65.0 Å². The lowest BCUT2D eigenvalue weighted by Gasteiger charge is -2.27. The van der Waals surface area contributed by atoms with Crippen molar-refractivity contribution in [2.45, 2.75) is 65.5 Å². The van der Waals surface area contributed by atoms with Gasteiger partial charge >= 0.3 is 0 Å². The molecule has 1 fully saturated rings. The Kier molecular flexibility index (Phi) is 5.09. The van der Waals surface area contributed by atoms with E-state index >= 15 is 0 Å². The fourth-order valence-electron chi connectivity index (χ4n) is 2.42. The molecular formula is C18H29NO. The van der Waals surface area contributed by atoms with Crippen molar-refractivity contribution in [3.8, 4) is 5.75 Å². The van der Waals surface area contributed by atoms with Crippen molar-refractivity contribution in [1.29, 1.82) is 0 Å². The van der Waals surface area contributed by atoms with Gasteiger partial charge in [-0.2, -0.15) is 0 Å². The van der Waals surface area contributed by atoms with Gasteiger partial charge in [0.2, 0.25) is 0 Å². The van der Waals surface area contributed by atoms with Crippen LogP contribution < -0.4 is 10.1 Å². The van der Waals surface area contributed by atoms with E-state index in [1.807, 2.05) is 0 Å². The second kappa shape index (κ2) is 6.62. The minimum atomic E-state index is 0.318. The highest BCUT2D eigenvalue weighted by atomic mass is 16.5. The predicted molar refractivity (Wildman–Crippen MR) is 85.2 cm³/mol. The van der Waals surface area contributed by atoms with E-state index in [4.69, 9.17) is 4.74 Å². The van der Waals surface area contributed by atoms with E-state index in [1.54, 1.807) is 0 Å². The lowest BCUT2D eigenvalue weighted by Crippen LogP contribution is -2.26. The molecule has 0 saturated heterocycles. The van der Waals surface area contributed by atoms with Gasteiger partial charge in [-0.25, -0.2) is 0 Å². The second-order valence-corrected chi connectivity index (χ2v) is 7.16. The summed E-state index contributed by atoms with van der Waals surface area (Å²) in [6.07, 6.45) is 5.20. The van der Waals surface area contributed by atoms with Gasteiger partial charge in [0.05, 0.1) is 6.10 Å². The highest BCUT2D eigenvalue weighted by molar-refractivity contribution is 5.31. The maximum atomic E-state index is 5.92. The number of hydrogen-bond acceptors (Lipinski definition) is 2. The molecule has 0 radical (unpaired) electrons. The zero-order chi connectivity index (χ0) is 14.6. The normalized spacial score (nSPS) is 17.0. The van der Waals surface area contributed by atoms with Gasteiger partial charge in [0.25, 0.3) is 0 Å². The van der Waals surface area contributed by atoms with E-state index in [-0.39, 0.29) is 0 Å². The van der Waals surface area contributed by atoms with Crippen LogP contribution in [0.5, 0.6) is 5.75 Å². The zero-order valence-corrected chi connectivity index (χ0v) is 13.4. The summed E-state index contributed by atoms with van der Waals surface area (Å²) in [5.41, 5.74) is 1.67. The molecule has 0 aliphatic heterocycles. The third-order valence-corrected chi connectivity index (χ3v) is 3.54. The summed E-state index contributed by atoms with van der Waals surface area (Å²) in [7, 11) is 0. The molecule has 1 atom stereocenters. The number of nitrogens with one attached hydrogen (secondary N) is 1. The summed E-state index contributed by atoms with van der Waals surface area (Å²) in [6.45, 7) is 10.2. The van der Waals surface area contributed by atoms with Crippen LogP contribution in [0.3, 0.4) is 0 Å². The van der Waals surface area contributed by atoms with E-state index in [0.717, 1.165) is 18.7 Å². The Morgan fingerprint density at radius 1 is 1.30 bits per heavy atom. The summed E-state index contributed by atoms with van der Waals surface area (Å²) in [6, 6.07) is 9.06. The van der Waals surface area contributed by atoms with Crippen LogP contribution in [0.15, 0.2) is 24.3 Å². The first-order valence-electron chi connectivity index (χ1n) is 7.98. The maximum absolute atomic E-state index is 5.92. The van der Waals surface area contributed by atoms with Gasteiger partial charge in [0.15, 0.2) is 0 Å². The third kappa shape index (κ3) is 5.16. The molecule has 0 heterocycles. The maximum Gasteiger partial charge on any atom is 0.120 e. The molecule has 2 nitrogen and oxygen atoms in total. The number of benzene rings is 1. The molecule has 0 aromatic heterocycles. The van der Waals surface area contributed by atoms with Gasteiger partial charge < -0.3 is 10.1 Å². The quantitative estimate of drug-likeness (QED) is 0.778. The molecule has 0 bridgehead atoms. The molecule has 2 heteroatoms. The topological polar surface area (TPSA) is 21.3 Å². The van der Waals surface area contributed by atoms with Crippen LogP contribution in [0.4, 0.5) is 0 Å². The van der Waals surface area contributed by atoms with Gasteiger partial charge in [0, 0.05) is 6.04 Å². The molecule has 0 spiro atoms. The minimum Gasteiger partial charge on any atom is -0.490 e. The average molecular weight is 275 g/mol. The molecule has 1 saturated carbocycles. The standard InChI is InChI=1S/C18H29NO/c1-5-11-19-17(13-18(2,3)4)14-7-6-8-16(12-14)20-15-9-10-15/h6-8,12,15,17,19H,5,9-11,13H2,1-4H3. The Hall–Kier alpha value is -1.02. The van der Waals surface area contributed by atoms with E-state index in [2.05, 4.69) is 57.3 Å². The Morgan fingerprint density at radius 2 is 2.05 bits per heavy atom. The first-order valence-corrected chi connectivity index (χ1v) is 7.98. The largest absolute Gasteiger partial charge is 0.490 e. The predicted octanol–water partition coefficient (Wildman–Crippen LogP) is 4.70. The van der Waals surface area contributed by atoms with Crippen LogP contribution in [0.2, 0.25) is 0 Å². The van der Waals surface area contributed by atoms with E-state index in [9.17, 15) is 0 Å². The highest BCUT2D eigenvalue weighted by Gasteiger charge is 2.24. The number of rotatable bonds is 7. The van der Waals surface area contributed by atoms with Crippen molar-refractivity contribution in [3.63, 3.8) is 0 Å². The Bertz CT molecular complexity index is 418. The molecule has 2 rings (SSSR count). The fraction of sp³-hybridized carbons (Fsp3) is 0.667. The van der Waals surface area contributed by atoms with Gasteiger partial charge in [-0.15, -0.1) is 0 Å². The van der Waals surface area contributed by atoms with Crippen molar-refractivity contribution in [3.05, 3.63) is 29.8 Å². The summed E-state index contributed by atoms with van der Waals surface area (Å²) in [5.74, 6) is 1.03. The van der Waals surface area contributed by atoms with Crippen molar-refractivity contribution in [2.75, 3.05) is 6.54 Å². The molecular weight excluding hydrogens is 246 g/mol. The van der Waals surface area contributed by atoms with Crippen LogP contribution in [-0.4, -0.2) is 12.6 Å². The van der Waals surface area contributed by atoms with Crippen molar-refractivity contribution < 1.29 is 4.74 Å². The summed E-state index contributed by atoms with van der Waals surface area (Å²) in [5, 5.41) is 3.68. The zero-order valence-electron chi connectivity index (χ0n) is 13.4. The molecule has 1 aromatic carbocycles. The molecule has 1 aliphatic carbocycles. The van der Waals surface area contributed by atoms with Crippen molar-refractivity contribution in [1.82, 2.24) is 5.32 Å². The van der Waals surface area contributed by atoms with Crippen molar-refractivity contribution in [2.24, 2.45) is 5.41 Å². The molecule has 1 unspecified atom stereocenters. The SMILES string of the molecule is CCCNC(CC(C)(C)C)c1cccc(OC2CC2)c1. The van der Waals surface area contributed by atoms with Crippen molar-refractivity contribution >= 4 is 0 Å². The monoisotopic (exact) mass is 275 g/mol. The van der Waals surface area contributed by atoms with Gasteiger partial charge in [0.1, 0.15) is 5.75 Å². The molecule has 1 aromatic rings. The molecule has 0 amide bonds. The number of hydrogen-bond donors (Lipinski definition) is 1. The molecule has 112 valence electrons. The summed E-state index contributed by atoms with van der Waals surface area (Å²) < 4.78 is 5.92. The fourth-order valence-corrected chi connectivity index (χ4v) is 2.42. The first-order chi connectivity index (χ1) is 9.48. The molecule has 1 N–H and O–H groups in total. The lowest BCUT2D eigenvalue weighted by atomic mass is 9.85. The number of ether oxygens (including phenoxy) is 1. The highest BCUT2D eigenvalue weighted by Crippen LogP contribution is 2.32. The summed E-state index contributed by atoms with van der Waals surface area (Å²) in [4.78, 5) is 0. The van der Waals surface area contributed by atoms with Crippen LogP contribution >= 0.6 is 0 Å². The Labute approximate surface area is 123 Å². The molecule has 1 aliphatic rings. The Balaban J connectivity index is 2.09. The van der Waals surface area contributed by atoms with E-state index in [1.165, 1.54) is 24.8 Å². The van der Waals surface area contributed by atoms with E-state index < -0.39 is 0 Å². The van der Waals surface area contributed by atoms with Crippen LogP contribution in [-0.2, 0) is 0 Å². The Morgan fingerprint density at radius 3 is 2.65 bits per heavy atom. The smallest absolute Gasteiger partial charge is 0.120 e.